The largest absolute Gasteiger partial charge is 0.398 e. The summed E-state index contributed by atoms with van der Waals surface area (Å²) < 4.78 is 0. The standard InChI is InChI=1S/C25H39NSi/c1-19(2)27(20(3)4,21(5)6)18-12-16-23(22-13-8-7-9-14-22)24-15-10-11-17-25(24)26/h10-11,15-17,19-22H,7-9,13-14,26H2,1-6H3/b23-16-. The van der Waals surface area contributed by atoms with Gasteiger partial charge in [-0.05, 0) is 53.1 Å². The van der Waals surface area contributed by atoms with E-state index in [-0.39, 0.29) is 0 Å². The molecule has 0 aliphatic heterocycles. The maximum absolute atomic E-state index is 6.35. The van der Waals surface area contributed by atoms with Crippen LogP contribution < -0.4 is 5.73 Å². The van der Waals surface area contributed by atoms with Crippen LogP contribution in [0.2, 0.25) is 16.6 Å². The lowest BCUT2D eigenvalue weighted by Crippen LogP contribution is -2.43. The predicted octanol–water partition coefficient (Wildman–Crippen LogP) is 7.45. The first-order valence-electron chi connectivity index (χ1n) is 10.9. The summed E-state index contributed by atoms with van der Waals surface area (Å²) in [5.41, 5.74) is 15.7. The van der Waals surface area contributed by atoms with Crippen molar-refractivity contribution in [3.8, 4) is 11.5 Å². The highest BCUT2D eigenvalue weighted by molar-refractivity contribution is 6.90. The molecule has 0 aromatic heterocycles. The molecule has 0 spiro atoms. The third-order valence-electron chi connectivity index (χ3n) is 6.70. The summed E-state index contributed by atoms with van der Waals surface area (Å²) in [7, 11) is -1.70. The average molecular weight is 382 g/mol. The van der Waals surface area contributed by atoms with Gasteiger partial charge in [-0.1, -0.05) is 84.9 Å². The van der Waals surface area contributed by atoms with Crippen molar-refractivity contribution in [3.63, 3.8) is 0 Å². The lowest BCUT2D eigenvalue weighted by Gasteiger charge is -2.38. The number of para-hydroxylation sites is 1. The molecule has 2 rings (SSSR count). The summed E-state index contributed by atoms with van der Waals surface area (Å²) >= 11 is 0. The highest BCUT2D eigenvalue weighted by Gasteiger charge is 2.41. The summed E-state index contributed by atoms with van der Waals surface area (Å²) in [6.45, 7) is 14.3. The van der Waals surface area contributed by atoms with E-state index in [4.69, 9.17) is 5.73 Å². The number of hydrogen-bond donors (Lipinski definition) is 1. The Balaban J connectivity index is 2.49. The number of rotatable bonds is 5. The second-order valence-electron chi connectivity index (χ2n) is 9.19. The number of nitrogens with two attached hydrogens (primary N) is 1. The van der Waals surface area contributed by atoms with Gasteiger partial charge in [0.25, 0.3) is 0 Å². The van der Waals surface area contributed by atoms with Gasteiger partial charge in [0.1, 0.15) is 8.07 Å². The highest BCUT2D eigenvalue weighted by atomic mass is 28.3. The van der Waals surface area contributed by atoms with E-state index in [1.54, 1.807) is 0 Å². The van der Waals surface area contributed by atoms with Crippen LogP contribution in [0.15, 0.2) is 30.3 Å². The Morgan fingerprint density at radius 1 is 0.963 bits per heavy atom. The molecule has 0 heterocycles. The van der Waals surface area contributed by atoms with Gasteiger partial charge in [0.2, 0.25) is 0 Å². The zero-order valence-electron chi connectivity index (χ0n) is 18.3. The molecule has 27 heavy (non-hydrogen) atoms. The third kappa shape index (κ3) is 4.88. The zero-order chi connectivity index (χ0) is 20.0. The van der Waals surface area contributed by atoms with E-state index in [0.717, 1.165) is 5.69 Å². The summed E-state index contributed by atoms with van der Waals surface area (Å²) in [6, 6.07) is 8.33. The topological polar surface area (TPSA) is 26.0 Å². The first kappa shape index (κ1) is 21.8. The normalized spacial score (nSPS) is 16.7. The fourth-order valence-electron chi connectivity index (χ4n) is 5.26. The van der Waals surface area contributed by atoms with Gasteiger partial charge in [0.05, 0.1) is 0 Å². The van der Waals surface area contributed by atoms with E-state index in [9.17, 15) is 0 Å². The molecule has 2 heteroatoms. The van der Waals surface area contributed by atoms with Gasteiger partial charge in [-0.15, -0.1) is 5.54 Å². The summed E-state index contributed by atoms with van der Waals surface area (Å²) in [5, 5.41) is 0. The number of hydrogen-bond acceptors (Lipinski definition) is 1. The first-order chi connectivity index (χ1) is 12.8. The Kier molecular flexibility index (Phi) is 7.80. The highest BCUT2D eigenvalue weighted by Crippen LogP contribution is 2.41. The Morgan fingerprint density at radius 3 is 2.04 bits per heavy atom. The van der Waals surface area contributed by atoms with Crippen LogP contribution in [-0.4, -0.2) is 8.07 Å². The van der Waals surface area contributed by atoms with Crippen molar-refractivity contribution in [1.29, 1.82) is 0 Å². The summed E-state index contributed by atoms with van der Waals surface area (Å²) in [6.07, 6.45) is 8.78. The lowest BCUT2D eigenvalue weighted by molar-refractivity contribution is 0.429. The number of benzene rings is 1. The minimum atomic E-state index is -1.70. The molecule has 1 aliphatic rings. The minimum Gasteiger partial charge on any atom is -0.398 e. The summed E-state index contributed by atoms with van der Waals surface area (Å²) in [5.74, 6) is 4.19. The number of allylic oxidation sites excluding steroid dienone is 2. The SMILES string of the molecule is CC(C)[Si](C#C/C=C(\c1ccccc1N)C1CCCCC1)(C(C)C)C(C)C. The molecule has 1 aromatic rings. The van der Waals surface area contributed by atoms with Gasteiger partial charge in [0, 0.05) is 11.3 Å². The maximum Gasteiger partial charge on any atom is 0.146 e. The Bertz CT molecular complexity index is 675. The van der Waals surface area contributed by atoms with Crippen LogP contribution in [0, 0.1) is 17.4 Å². The van der Waals surface area contributed by atoms with Gasteiger partial charge in [-0.3, -0.25) is 0 Å². The molecule has 1 fully saturated rings. The van der Waals surface area contributed by atoms with Crippen molar-refractivity contribution in [2.24, 2.45) is 5.92 Å². The van der Waals surface area contributed by atoms with Gasteiger partial charge < -0.3 is 5.73 Å². The van der Waals surface area contributed by atoms with E-state index < -0.39 is 8.07 Å². The minimum absolute atomic E-state index is 0.603. The van der Waals surface area contributed by atoms with Crippen molar-refractivity contribution in [2.45, 2.75) is 90.3 Å². The van der Waals surface area contributed by atoms with Crippen molar-refractivity contribution in [3.05, 3.63) is 35.9 Å². The third-order valence-corrected chi connectivity index (χ3v) is 13.0. The Labute approximate surface area is 168 Å². The van der Waals surface area contributed by atoms with Crippen molar-refractivity contribution < 1.29 is 0 Å². The molecule has 0 unspecified atom stereocenters. The first-order valence-corrected chi connectivity index (χ1v) is 13.1. The van der Waals surface area contributed by atoms with Crippen LogP contribution in [-0.2, 0) is 0 Å². The molecule has 0 atom stereocenters. The van der Waals surface area contributed by atoms with Crippen molar-refractivity contribution in [1.82, 2.24) is 0 Å². The molecular weight excluding hydrogens is 342 g/mol. The molecule has 1 saturated carbocycles. The molecule has 0 radical (unpaired) electrons. The lowest BCUT2D eigenvalue weighted by atomic mass is 9.80. The molecule has 0 saturated heterocycles. The Morgan fingerprint density at radius 2 is 1.52 bits per heavy atom. The molecule has 1 aliphatic carbocycles. The van der Waals surface area contributed by atoms with Crippen molar-refractivity contribution in [2.75, 3.05) is 5.73 Å². The Hall–Kier alpha value is -1.46. The van der Waals surface area contributed by atoms with E-state index in [0.29, 0.717) is 22.5 Å². The molecule has 1 aromatic carbocycles. The molecule has 2 N–H and O–H groups in total. The average Bonchev–Trinajstić information content (AvgIpc) is 2.62. The smallest absolute Gasteiger partial charge is 0.146 e. The molecule has 148 valence electrons. The fourth-order valence-corrected chi connectivity index (χ4v) is 10.4. The molecule has 0 bridgehead atoms. The van der Waals surface area contributed by atoms with Crippen molar-refractivity contribution >= 4 is 19.3 Å². The van der Waals surface area contributed by atoms with E-state index in [2.05, 4.69) is 71.2 Å². The zero-order valence-corrected chi connectivity index (χ0v) is 19.3. The van der Waals surface area contributed by atoms with E-state index in [1.807, 2.05) is 12.1 Å². The predicted molar refractivity (Wildman–Crippen MR) is 124 cm³/mol. The van der Waals surface area contributed by atoms with Gasteiger partial charge in [-0.25, -0.2) is 0 Å². The van der Waals surface area contributed by atoms with Gasteiger partial charge in [-0.2, -0.15) is 0 Å². The van der Waals surface area contributed by atoms with E-state index in [1.165, 1.54) is 43.2 Å². The fraction of sp³-hybridized carbons (Fsp3) is 0.600. The molecule has 1 nitrogen and oxygen atoms in total. The van der Waals surface area contributed by atoms with Crippen LogP contribution >= 0.6 is 0 Å². The van der Waals surface area contributed by atoms with Gasteiger partial charge >= 0.3 is 0 Å². The monoisotopic (exact) mass is 381 g/mol. The quantitative estimate of drug-likeness (QED) is 0.320. The van der Waals surface area contributed by atoms with Crippen LogP contribution in [0.4, 0.5) is 5.69 Å². The van der Waals surface area contributed by atoms with Crippen LogP contribution in [0.25, 0.3) is 5.57 Å². The van der Waals surface area contributed by atoms with E-state index >= 15 is 0 Å². The second-order valence-corrected chi connectivity index (χ2v) is 14.8. The maximum atomic E-state index is 6.35. The van der Waals surface area contributed by atoms with Gasteiger partial charge in [0.15, 0.2) is 0 Å². The number of nitrogen functional groups attached to an aromatic ring is 1. The second kappa shape index (κ2) is 9.65. The van der Waals surface area contributed by atoms with Crippen LogP contribution in [0.1, 0.15) is 79.2 Å². The van der Waals surface area contributed by atoms with Crippen LogP contribution in [0.5, 0.6) is 0 Å². The van der Waals surface area contributed by atoms with Crippen LogP contribution in [0.3, 0.4) is 0 Å². The molecule has 0 amide bonds. The summed E-state index contributed by atoms with van der Waals surface area (Å²) in [4.78, 5) is 0. The number of anilines is 1. The molecular formula is C25H39NSi.